The second-order valence-corrected chi connectivity index (χ2v) is 11.8. The molecule has 0 spiro atoms. The van der Waals surface area contributed by atoms with Crippen LogP contribution < -0.4 is 16.0 Å². The number of benzene rings is 1. The third-order valence-corrected chi connectivity index (χ3v) is 7.63. The molecule has 3 heterocycles. The molecule has 0 saturated carbocycles. The minimum Gasteiger partial charge on any atom is -0.444 e. The van der Waals surface area contributed by atoms with E-state index in [0.29, 0.717) is 48.1 Å². The number of amides is 2. The molecule has 1 atom stereocenters. The van der Waals surface area contributed by atoms with Crippen molar-refractivity contribution in [1.29, 1.82) is 0 Å². The highest BCUT2D eigenvalue weighted by molar-refractivity contribution is 7.98. The molecule has 198 valence electrons. The van der Waals surface area contributed by atoms with Gasteiger partial charge in [0.1, 0.15) is 11.2 Å². The van der Waals surface area contributed by atoms with Gasteiger partial charge in [-0.05, 0) is 51.3 Å². The van der Waals surface area contributed by atoms with E-state index in [4.69, 9.17) is 10.5 Å². The van der Waals surface area contributed by atoms with Crippen molar-refractivity contribution in [1.82, 2.24) is 14.3 Å². The van der Waals surface area contributed by atoms with Crippen molar-refractivity contribution in [2.45, 2.75) is 36.3 Å². The van der Waals surface area contributed by atoms with E-state index < -0.39 is 22.3 Å². The number of thioether (sulfide) groups is 1. The molecule has 2 amide bonds. The van der Waals surface area contributed by atoms with Crippen molar-refractivity contribution in [2.75, 3.05) is 48.9 Å². The Hall–Kier alpha value is -3.25. The highest BCUT2D eigenvalue weighted by atomic mass is 32.2. The molecule has 4 rings (SSSR count). The maximum Gasteiger partial charge on any atom is 0.410 e. The summed E-state index contributed by atoms with van der Waals surface area (Å²) in [7, 11) is -1.31. The Morgan fingerprint density at radius 2 is 1.84 bits per heavy atom. The van der Waals surface area contributed by atoms with Crippen LogP contribution in [0.4, 0.5) is 21.9 Å². The van der Waals surface area contributed by atoms with Crippen LogP contribution in [-0.2, 0) is 15.5 Å². The number of nitrogens with two attached hydrogens (primary N) is 1. The zero-order chi connectivity index (χ0) is 26.9. The fourth-order valence-corrected chi connectivity index (χ4v) is 5.51. The molecular weight excluding hydrogens is 512 g/mol. The van der Waals surface area contributed by atoms with Gasteiger partial charge in [-0.15, -0.1) is 11.8 Å². The van der Waals surface area contributed by atoms with Crippen molar-refractivity contribution < 1.29 is 18.5 Å². The van der Waals surface area contributed by atoms with Crippen molar-refractivity contribution in [2.24, 2.45) is 5.73 Å². The largest absolute Gasteiger partial charge is 0.444 e. The number of pyridine rings is 1. The molecule has 1 unspecified atom stereocenters. The van der Waals surface area contributed by atoms with Gasteiger partial charge in [-0.1, -0.05) is 0 Å². The lowest BCUT2D eigenvalue weighted by atomic mass is 10.1. The maximum atomic E-state index is 12.7. The van der Waals surface area contributed by atoms with Crippen LogP contribution in [0.3, 0.4) is 0 Å². The van der Waals surface area contributed by atoms with Crippen LogP contribution in [-0.4, -0.2) is 74.8 Å². The molecule has 37 heavy (non-hydrogen) atoms. The molecule has 1 aliphatic rings. The van der Waals surface area contributed by atoms with Gasteiger partial charge in [0.25, 0.3) is 5.91 Å². The summed E-state index contributed by atoms with van der Waals surface area (Å²) in [5, 5.41) is 4.16. The molecule has 2 aromatic heterocycles. The number of aromatic nitrogens is 2. The summed E-state index contributed by atoms with van der Waals surface area (Å²) in [4.78, 5) is 33.6. The van der Waals surface area contributed by atoms with E-state index in [0.717, 1.165) is 10.7 Å². The first-order chi connectivity index (χ1) is 17.5. The van der Waals surface area contributed by atoms with E-state index in [-0.39, 0.29) is 11.7 Å². The van der Waals surface area contributed by atoms with Gasteiger partial charge in [0.15, 0.2) is 5.65 Å². The number of hydrogen-bond donors (Lipinski definition) is 2. The summed E-state index contributed by atoms with van der Waals surface area (Å²) < 4.78 is 20.0. The van der Waals surface area contributed by atoms with E-state index in [1.165, 1.54) is 11.8 Å². The summed E-state index contributed by atoms with van der Waals surface area (Å²) in [5.74, 6) is -0.606. The lowest BCUT2D eigenvalue weighted by Crippen LogP contribution is -2.50. The van der Waals surface area contributed by atoms with Crippen molar-refractivity contribution in [3.63, 3.8) is 0 Å². The first kappa shape index (κ1) is 26.8. The smallest absolute Gasteiger partial charge is 0.410 e. The van der Waals surface area contributed by atoms with Crippen LogP contribution in [0, 0.1) is 0 Å². The zero-order valence-electron chi connectivity index (χ0n) is 21.6. The summed E-state index contributed by atoms with van der Waals surface area (Å²) in [6.07, 6.45) is 6.64. The predicted molar refractivity (Wildman–Crippen MR) is 148 cm³/mol. The number of piperazine rings is 1. The molecule has 1 saturated heterocycles. The average Bonchev–Trinajstić information content (AvgIpc) is 3.32. The highest BCUT2D eigenvalue weighted by Gasteiger charge is 2.26. The van der Waals surface area contributed by atoms with E-state index >= 15 is 0 Å². The van der Waals surface area contributed by atoms with Gasteiger partial charge in [-0.2, -0.15) is 0 Å². The minimum absolute atomic E-state index is 0.262. The van der Waals surface area contributed by atoms with Crippen LogP contribution >= 0.6 is 11.8 Å². The van der Waals surface area contributed by atoms with E-state index in [2.05, 4.69) is 15.2 Å². The first-order valence-electron chi connectivity index (χ1n) is 11.8. The van der Waals surface area contributed by atoms with Gasteiger partial charge in [0, 0.05) is 50.5 Å². The number of rotatable bonds is 6. The average molecular weight is 545 g/mol. The Labute approximate surface area is 223 Å². The van der Waals surface area contributed by atoms with Crippen LogP contribution in [0.15, 0.2) is 46.6 Å². The summed E-state index contributed by atoms with van der Waals surface area (Å²) >= 11 is 1.51. The molecule has 12 heteroatoms. The predicted octanol–water partition coefficient (Wildman–Crippen LogP) is 3.69. The van der Waals surface area contributed by atoms with Crippen LogP contribution in [0.2, 0.25) is 0 Å². The number of imidazole rings is 1. The zero-order valence-corrected chi connectivity index (χ0v) is 23.2. The molecule has 1 aliphatic heterocycles. The lowest BCUT2D eigenvalue weighted by molar-refractivity contribution is 0.0240. The molecule has 0 bridgehead atoms. The molecule has 10 nitrogen and oxygen atoms in total. The molecular formula is C25H32N6O4S2. The third kappa shape index (κ3) is 5.85. The lowest BCUT2D eigenvalue weighted by Gasteiger charge is -2.37. The van der Waals surface area contributed by atoms with Gasteiger partial charge in [0.05, 0.1) is 32.1 Å². The Morgan fingerprint density at radius 1 is 1.14 bits per heavy atom. The first-order valence-corrected chi connectivity index (χ1v) is 14.6. The third-order valence-electron chi connectivity index (χ3n) is 5.94. The van der Waals surface area contributed by atoms with Crippen molar-refractivity contribution >= 4 is 57.3 Å². The Morgan fingerprint density at radius 3 is 2.43 bits per heavy atom. The number of nitrogens with one attached hydrogen (secondary N) is 1. The second kappa shape index (κ2) is 10.6. The number of carbonyl (C=O) groups is 2. The molecule has 1 aromatic carbocycles. The second-order valence-electron chi connectivity index (χ2n) is 9.67. The summed E-state index contributed by atoms with van der Waals surface area (Å²) in [6, 6.07) is 7.52. The topological polar surface area (TPSA) is 122 Å². The highest BCUT2D eigenvalue weighted by Crippen LogP contribution is 2.33. The molecule has 3 N–H and O–H groups in total. The number of nitrogens with zero attached hydrogens (tertiary/aromatic N) is 4. The quantitative estimate of drug-likeness (QED) is 0.451. The Bertz CT molecular complexity index is 1360. The van der Waals surface area contributed by atoms with E-state index in [9.17, 15) is 13.8 Å². The summed E-state index contributed by atoms with van der Waals surface area (Å²) in [5.41, 5.74) is 7.93. The molecule has 3 aromatic rings. The fraction of sp³-hybridized carbons (Fsp3) is 0.400. The number of primary amides is 1. The molecule has 0 aliphatic carbocycles. The van der Waals surface area contributed by atoms with Gasteiger partial charge >= 0.3 is 6.09 Å². The number of hydrogen-bond acceptors (Lipinski definition) is 8. The number of fused-ring (bicyclic) bond motifs is 1. The number of carbonyl (C=O) groups excluding carboxylic acids is 2. The van der Waals surface area contributed by atoms with E-state index in [1.807, 2.05) is 55.7 Å². The normalized spacial score (nSPS) is 15.1. The molecule has 1 fully saturated rings. The van der Waals surface area contributed by atoms with Crippen molar-refractivity contribution in [3.05, 3.63) is 42.2 Å². The van der Waals surface area contributed by atoms with E-state index in [1.54, 1.807) is 23.5 Å². The molecule has 0 radical (unpaired) electrons. The van der Waals surface area contributed by atoms with Gasteiger partial charge < -0.3 is 25.6 Å². The summed E-state index contributed by atoms with van der Waals surface area (Å²) in [6.45, 7) is 7.87. The fourth-order valence-electron chi connectivity index (χ4n) is 4.22. The Balaban J connectivity index is 1.59. The van der Waals surface area contributed by atoms with Crippen molar-refractivity contribution in [3.8, 4) is 0 Å². The van der Waals surface area contributed by atoms with Gasteiger partial charge in [-0.25, -0.2) is 9.78 Å². The number of ether oxygens (including phenoxy) is 1. The van der Waals surface area contributed by atoms with Gasteiger partial charge in [-0.3, -0.25) is 13.4 Å². The maximum absolute atomic E-state index is 12.7. The Kier molecular flexibility index (Phi) is 7.69. The van der Waals surface area contributed by atoms with Gasteiger partial charge in [0.2, 0.25) is 0 Å². The standard InChI is InChI=1S/C25H32N6O4S2/c1-25(2,3)35-24(33)30-12-10-29(11-13-30)16-6-7-17(19(14-16)37(5)34)28-18-15-20(36-4)31-9-8-27-23(31)21(18)22(26)32/h6-9,14-15,28H,10-13H2,1-5H3,(H2,26,32). The van der Waals surface area contributed by atoms with Crippen LogP contribution in [0.1, 0.15) is 31.1 Å². The number of anilines is 3. The minimum atomic E-state index is -1.31. The monoisotopic (exact) mass is 544 g/mol. The van der Waals surface area contributed by atoms with Crippen LogP contribution in [0.5, 0.6) is 0 Å². The van der Waals surface area contributed by atoms with Crippen LogP contribution in [0.25, 0.3) is 5.65 Å². The SMILES string of the molecule is CSc1cc(Nc2ccc(N3CCN(C(=O)OC(C)(C)C)CC3)cc2S(C)=O)c(C(N)=O)c2nccn12.